The Kier molecular flexibility index (Phi) is 7.04. The molecule has 0 saturated carbocycles. The second kappa shape index (κ2) is 10.3. The molecule has 0 radical (unpaired) electrons. The molecule has 2 heterocycles. The number of nitrogens with zero attached hydrogens (tertiary/aromatic N) is 5. The van der Waals surface area contributed by atoms with Crippen LogP contribution < -0.4 is 19.7 Å². The van der Waals surface area contributed by atoms with Crippen molar-refractivity contribution >= 4 is 22.4 Å². The van der Waals surface area contributed by atoms with Gasteiger partial charge < -0.3 is 19.7 Å². The molecule has 8 nitrogen and oxygen atoms in total. The van der Waals surface area contributed by atoms with Gasteiger partial charge in [-0.2, -0.15) is 5.10 Å². The molecule has 0 bridgehead atoms. The quantitative estimate of drug-likeness (QED) is 0.391. The fraction of sp³-hybridized carbons (Fsp3) is 0.320. The Bertz CT molecular complexity index is 1220. The maximum atomic E-state index is 5.91. The van der Waals surface area contributed by atoms with E-state index in [1.54, 1.807) is 24.2 Å². The Morgan fingerprint density at radius 2 is 1.88 bits per heavy atom. The van der Waals surface area contributed by atoms with Gasteiger partial charge in [0.1, 0.15) is 11.5 Å². The first-order valence-corrected chi connectivity index (χ1v) is 11.1. The molecule has 1 N–H and O–H groups in total. The molecule has 0 fully saturated rings. The van der Waals surface area contributed by atoms with Crippen molar-refractivity contribution in [3.05, 3.63) is 55.0 Å². The van der Waals surface area contributed by atoms with Crippen LogP contribution in [0.15, 0.2) is 55.0 Å². The van der Waals surface area contributed by atoms with Gasteiger partial charge in [-0.25, -0.2) is 4.98 Å². The van der Waals surface area contributed by atoms with E-state index in [2.05, 4.69) is 45.4 Å². The largest absolute Gasteiger partial charge is 0.497 e. The summed E-state index contributed by atoms with van der Waals surface area (Å²) in [6, 6.07) is 12.1. The van der Waals surface area contributed by atoms with Crippen LogP contribution in [0.25, 0.3) is 22.3 Å². The number of fused-ring (bicyclic) bond motifs is 1. The van der Waals surface area contributed by atoms with Gasteiger partial charge in [-0.1, -0.05) is 6.92 Å². The average Bonchev–Trinajstić information content (AvgIpc) is 3.28. The van der Waals surface area contributed by atoms with Crippen LogP contribution in [0.3, 0.4) is 0 Å². The van der Waals surface area contributed by atoms with Crippen molar-refractivity contribution in [1.82, 2.24) is 25.1 Å². The molecule has 33 heavy (non-hydrogen) atoms. The highest BCUT2D eigenvalue weighted by atomic mass is 16.5. The average molecular weight is 447 g/mol. The van der Waals surface area contributed by atoms with Crippen LogP contribution in [0, 0.1) is 0 Å². The summed E-state index contributed by atoms with van der Waals surface area (Å²) in [7, 11) is 5.51. The predicted molar refractivity (Wildman–Crippen MR) is 131 cm³/mol. The molecule has 0 aliphatic rings. The molecule has 2 aromatic carbocycles. The number of anilines is 2. The second-order valence-electron chi connectivity index (χ2n) is 7.80. The van der Waals surface area contributed by atoms with Crippen LogP contribution in [0.2, 0.25) is 0 Å². The molecule has 4 rings (SSSR count). The van der Waals surface area contributed by atoms with E-state index in [1.807, 2.05) is 38.5 Å². The lowest BCUT2D eigenvalue weighted by Crippen LogP contribution is -2.27. The lowest BCUT2D eigenvalue weighted by molar-refractivity contribution is 0.314. The minimum absolute atomic E-state index is 0.659. The van der Waals surface area contributed by atoms with Crippen molar-refractivity contribution in [2.75, 3.05) is 38.8 Å². The first kappa shape index (κ1) is 22.5. The van der Waals surface area contributed by atoms with Crippen LogP contribution in [0.5, 0.6) is 11.5 Å². The SMILES string of the molecule is CCCOc1cc(OC)cc(N(CCNC)c2ccc3ncc(-c4cnn(C)c4)nc3c2)c1. The number of hydrogen-bond acceptors (Lipinski definition) is 7. The third-order valence-corrected chi connectivity index (χ3v) is 5.31. The molecule has 0 amide bonds. The second-order valence-corrected chi connectivity index (χ2v) is 7.80. The van der Waals surface area contributed by atoms with Gasteiger partial charge in [-0.05, 0) is 31.7 Å². The van der Waals surface area contributed by atoms with Gasteiger partial charge in [0.15, 0.2) is 0 Å². The lowest BCUT2D eigenvalue weighted by Gasteiger charge is -2.26. The van der Waals surface area contributed by atoms with Gasteiger partial charge in [0.2, 0.25) is 0 Å². The summed E-state index contributed by atoms with van der Waals surface area (Å²) < 4.78 is 13.2. The Morgan fingerprint density at radius 3 is 2.61 bits per heavy atom. The Hall–Kier alpha value is -3.65. The first-order valence-electron chi connectivity index (χ1n) is 11.1. The molecular weight excluding hydrogens is 416 g/mol. The zero-order valence-corrected chi connectivity index (χ0v) is 19.6. The minimum Gasteiger partial charge on any atom is -0.497 e. The smallest absolute Gasteiger partial charge is 0.125 e. The Labute approximate surface area is 194 Å². The molecule has 0 spiro atoms. The minimum atomic E-state index is 0.659. The van der Waals surface area contributed by atoms with Crippen molar-refractivity contribution in [2.45, 2.75) is 13.3 Å². The standard InChI is InChI=1S/C25H30N6O2/c1-5-10-33-22-12-20(11-21(14-22)32-4)31(9-8-26-2)19-6-7-23-24(13-19)29-25(16-27-23)18-15-28-30(3)17-18/h6-7,11-17,26H,5,8-10H2,1-4H3. The molecule has 0 unspecified atom stereocenters. The number of benzene rings is 2. The van der Waals surface area contributed by atoms with Crippen LogP contribution in [0.1, 0.15) is 13.3 Å². The van der Waals surface area contributed by atoms with Crippen molar-refractivity contribution in [3.63, 3.8) is 0 Å². The van der Waals surface area contributed by atoms with Gasteiger partial charge in [0.05, 0.1) is 42.8 Å². The van der Waals surface area contributed by atoms with E-state index >= 15 is 0 Å². The summed E-state index contributed by atoms with van der Waals surface area (Å²) in [5, 5.41) is 7.49. The summed E-state index contributed by atoms with van der Waals surface area (Å²) in [4.78, 5) is 11.7. The van der Waals surface area contributed by atoms with Crippen LogP contribution in [-0.2, 0) is 7.05 Å². The van der Waals surface area contributed by atoms with Gasteiger partial charge >= 0.3 is 0 Å². The third kappa shape index (κ3) is 5.23. The number of rotatable bonds is 10. The number of nitrogens with one attached hydrogen (secondary N) is 1. The first-order chi connectivity index (χ1) is 16.1. The normalized spacial score (nSPS) is 11.0. The van der Waals surface area contributed by atoms with Gasteiger partial charge in [-0.15, -0.1) is 0 Å². The van der Waals surface area contributed by atoms with E-state index in [0.717, 1.165) is 64.7 Å². The highest BCUT2D eigenvalue weighted by Crippen LogP contribution is 2.34. The van der Waals surface area contributed by atoms with E-state index in [1.165, 1.54) is 0 Å². The number of likely N-dealkylation sites (N-methyl/N-ethyl adjacent to an activating group) is 1. The van der Waals surface area contributed by atoms with Crippen molar-refractivity contribution in [2.24, 2.45) is 7.05 Å². The van der Waals surface area contributed by atoms with E-state index in [4.69, 9.17) is 14.5 Å². The summed E-state index contributed by atoms with van der Waals surface area (Å²) in [5.41, 5.74) is 5.42. The maximum Gasteiger partial charge on any atom is 0.125 e. The van der Waals surface area contributed by atoms with Crippen molar-refractivity contribution < 1.29 is 9.47 Å². The predicted octanol–water partition coefficient (Wildman–Crippen LogP) is 4.19. The maximum absolute atomic E-state index is 5.91. The lowest BCUT2D eigenvalue weighted by atomic mass is 10.2. The zero-order valence-electron chi connectivity index (χ0n) is 19.6. The Morgan fingerprint density at radius 1 is 1.03 bits per heavy atom. The van der Waals surface area contributed by atoms with E-state index in [-0.39, 0.29) is 0 Å². The topological polar surface area (TPSA) is 77.3 Å². The summed E-state index contributed by atoms with van der Waals surface area (Å²) in [5.74, 6) is 1.55. The molecule has 172 valence electrons. The van der Waals surface area contributed by atoms with E-state index < -0.39 is 0 Å². The van der Waals surface area contributed by atoms with Gasteiger partial charge in [-0.3, -0.25) is 9.67 Å². The summed E-state index contributed by atoms with van der Waals surface area (Å²) in [6.07, 6.45) is 6.47. The molecule has 0 saturated heterocycles. The number of aryl methyl sites for hydroxylation is 1. The van der Waals surface area contributed by atoms with Crippen LogP contribution in [0.4, 0.5) is 11.4 Å². The highest BCUT2D eigenvalue weighted by Gasteiger charge is 2.14. The van der Waals surface area contributed by atoms with Gasteiger partial charge in [0, 0.05) is 61.5 Å². The zero-order chi connectivity index (χ0) is 23.2. The van der Waals surface area contributed by atoms with Crippen LogP contribution >= 0.6 is 0 Å². The molecule has 8 heteroatoms. The molecular formula is C25H30N6O2. The number of aromatic nitrogens is 4. The van der Waals surface area contributed by atoms with Crippen LogP contribution in [-0.4, -0.2) is 53.6 Å². The molecule has 0 aliphatic carbocycles. The molecule has 0 atom stereocenters. The van der Waals surface area contributed by atoms with Gasteiger partial charge in [0.25, 0.3) is 0 Å². The third-order valence-electron chi connectivity index (χ3n) is 5.31. The number of ether oxygens (including phenoxy) is 2. The fourth-order valence-corrected chi connectivity index (χ4v) is 3.62. The van der Waals surface area contributed by atoms with E-state index in [9.17, 15) is 0 Å². The summed E-state index contributed by atoms with van der Waals surface area (Å²) >= 11 is 0. The number of methoxy groups -OCH3 is 1. The number of hydrogen-bond donors (Lipinski definition) is 1. The fourth-order valence-electron chi connectivity index (χ4n) is 3.62. The molecule has 0 aliphatic heterocycles. The van der Waals surface area contributed by atoms with Crippen molar-refractivity contribution in [3.8, 4) is 22.8 Å². The Balaban J connectivity index is 1.75. The highest BCUT2D eigenvalue weighted by molar-refractivity contribution is 5.82. The van der Waals surface area contributed by atoms with Crippen molar-refractivity contribution in [1.29, 1.82) is 0 Å². The summed E-state index contributed by atoms with van der Waals surface area (Å²) in [6.45, 7) is 4.32. The monoisotopic (exact) mass is 446 g/mol. The van der Waals surface area contributed by atoms with E-state index in [0.29, 0.717) is 6.61 Å². The molecule has 4 aromatic rings. The molecule has 2 aromatic heterocycles.